The minimum atomic E-state index is 0.0564. The van der Waals surface area contributed by atoms with E-state index in [4.69, 9.17) is 4.98 Å². The molecule has 0 unspecified atom stereocenters. The molecule has 0 aliphatic rings. The molecule has 3 aromatic heterocycles. The fourth-order valence-electron chi connectivity index (χ4n) is 5.15. The van der Waals surface area contributed by atoms with Gasteiger partial charge in [-0.2, -0.15) is 0 Å². The van der Waals surface area contributed by atoms with Gasteiger partial charge in [-0.15, -0.1) is 22.7 Å². The summed E-state index contributed by atoms with van der Waals surface area (Å²) in [5.74, 6) is 0.664. The summed E-state index contributed by atoms with van der Waals surface area (Å²) < 4.78 is 4.04. The van der Waals surface area contributed by atoms with Crippen molar-refractivity contribution >= 4 is 63.7 Å². The van der Waals surface area contributed by atoms with Crippen LogP contribution in [0.1, 0.15) is 45.7 Å². The first-order valence-electron chi connectivity index (χ1n) is 12.0. The van der Waals surface area contributed by atoms with Crippen LogP contribution in [0.15, 0.2) is 66.2 Å². The van der Waals surface area contributed by atoms with Gasteiger partial charge in [-0.3, -0.25) is 4.98 Å². The number of benzene rings is 3. The van der Waals surface area contributed by atoms with Crippen LogP contribution in [0.3, 0.4) is 0 Å². The van der Waals surface area contributed by atoms with Crippen molar-refractivity contribution in [3.05, 3.63) is 77.3 Å². The van der Waals surface area contributed by atoms with Gasteiger partial charge in [-0.05, 0) is 80.8 Å². The molecule has 0 aliphatic heterocycles. The Labute approximate surface area is 209 Å². The number of pyridine rings is 1. The van der Waals surface area contributed by atoms with Gasteiger partial charge in [0.25, 0.3) is 0 Å². The van der Waals surface area contributed by atoms with E-state index in [0.29, 0.717) is 5.92 Å². The van der Waals surface area contributed by atoms with Crippen LogP contribution in [0.25, 0.3) is 52.3 Å². The summed E-state index contributed by atoms with van der Waals surface area (Å²) in [6.07, 6.45) is 3.12. The zero-order valence-corrected chi connectivity index (χ0v) is 22.0. The first-order valence-corrected chi connectivity index (χ1v) is 13.7. The molecule has 0 aliphatic carbocycles. The second kappa shape index (κ2) is 7.90. The molecule has 0 N–H and O–H groups in total. The standard InChI is InChI=1S/C31H29NS2/c1-18(2)12-21-17-33-27-16-25-23-10-11-32-29(30(23)34-28(25)15-24(21)27)20-13-19-8-6-7-9-22(19)26(14-20)31(3,4)5/h6-11,13-18H,12H2,1-5H3. The van der Waals surface area contributed by atoms with Crippen molar-refractivity contribution in [1.82, 2.24) is 4.98 Å². The van der Waals surface area contributed by atoms with Gasteiger partial charge in [0.1, 0.15) is 0 Å². The average molecular weight is 480 g/mol. The number of thiophene rings is 2. The van der Waals surface area contributed by atoms with E-state index in [1.807, 2.05) is 28.9 Å². The highest BCUT2D eigenvalue weighted by Crippen LogP contribution is 2.43. The molecule has 6 rings (SSSR count). The second-order valence-electron chi connectivity index (χ2n) is 10.8. The Morgan fingerprint density at radius 2 is 1.65 bits per heavy atom. The predicted molar refractivity (Wildman–Crippen MR) is 153 cm³/mol. The Kier molecular flexibility index (Phi) is 5.05. The predicted octanol–water partition coefficient (Wildman–Crippen LogP) is 9.98. The lowest BCUT2D eigenvalue weighted by Crippen LogP contribution is -2.12. The van der Waals surface area contributed by atoms with Gasteiger partial charge in [0, 0.05) is 31.9 Å². The zero-order valence-electron chi connectivity index (χ0n) is 20.4. The number of rotatable bonds is 3. The zero-order chi connectivity index (χ0) is 23.6. The first-order chi connectivity index (χ1) is 16.3. The Bertz CT molecular complexity index is 1690. The van der Waals surface area contributed by atoms with Crippen LogP contribution in [0.4, 0.5) is 0 Å². The van der Waals surface area contributed by atoms with E-state index >= 15 is 0 Å². The number of aromatic nitrogens is 1. The van der Waals surface area contributed by atoms with Gasteiger partial charge in [0.2, 0.25) is 0 Å². The van der Waals surface area contributed by atoms with E-state index < -0.39 is 0 Å². The van der Waals surface area contributed by atoms with Crippen LogP contribution in [0.2, 0.25) is 0 Å². The quantitative estimate of drug-likeness (QED) is 0.246. The van der Waals surface area contributed by atoms with Crippen molar-refractivity contribution in [1.29, 1.82) is 0 Å². The summed E-state index contributed by atoms with van der Waals surface area (Å²) in [5.41, 5.74) is 5.22. The normalized spacial score (nSPS) is 12.6. The molecule has 3 heterocycles. The van der Waals surface area contributed by atoms with Gasteiger partial charge >= 0.3 is 0 Å². The number of nitrogens with zero attached hydrogens (tertiary/aromatic N) is 1. The summed E-state index contributed by atoms with van der Waals surface area (Å²) in [6, 6.07) is 20.5. The highest BCUT2D eigenvalue weighted by molar-refractivity contribution is 7.26. The van der Waals surface area contributed by atoms with Gasteiger partial charge in [0.15, 0.2) is 0 Å². The minimum absolute atomic E-state index is 0.0564. The van der Waals surface area contributed by atoms with Gasteiger partial charge in [-0.1, -0.05) is 58.9 Å². The lowest BCUT2D eigenvalue weighted by molar-refractivity contribution is 0.596. The maximum absolute atomic E-state index is 4.93. The van der Waals surface area contributed by atoms with Crippen molar-refractivity contribution in [2.45, 2.75) is 46.5 Å². The highest BCUT2D eigenvalue weighted by atomic mass is 32.1. The molecule has 0 atom stereocenters. The Hall–Kier alpha value is -2.75. The lowest BCUT2D eigenvalue weighted by atomic mass is 9.82. The van der Waals surface area contributed by atoms with Gasteiger partial charge in [0.05, 0.1) is 10.4 Å². The van der Waals surface area contributed by atoms with Crippen molar-refractivity contribution in [2.75, 3.05) is 0 Å². The van der Waals surface area contributed by atoms with Crippen molar-refractivity contribution in [3.8, 4) is 11.3 Å². The number of fused-ring (bicyclic) bond motifs is 5. The van der Waals surface area contributed by atoms with Crippen LogP contribution < -0.4 is 0 Å². The maximum Gasteiger partial charge on any atom is 0.0880 e. The van der Waals surface area contributed by atoms with E-state index in [-0.39, 0.29) is 5.41 Å². The first kappa shape index (κ1) is 21.8. The third-order valence-electron chi connectivity index (χ3n) is 6.73. The molecule has 0 amide bonds. The molecule has 34 heavy (non-hydrogen) atoms. The molecule has 0 radical (unpaired) electrons. The smallest absolute Gasteiger partial charge is 0.0880 e. The molecule has 1 nitrogen and oxygen atoms in total. The molecule has 0 fully saturated rings. The van der Waals surface area contributed by atoms with Crippen LogP contribution in [0.5, 0.6) is 0 Å². The van der Waals surface area contributed by atoms with E-state index in [2.05, 4.69) is 94.6 Å². The molecule has 0 saturated heterocycles. The van der Waals surface area contributed by atoms with Crippen molar-refractivity contribution < 1.29 is 0 Å². The van der Waals surface area contributed by atoms with Gasteiger partial charge in [-0.25, -0.2) is 0 Å². The fraction of sp³-hybridized carbons (Fsp3) is 0.258. The van der Waals surface area contributed by atoms with Crippen molar-refractivity contribution in [3.63, 3.8) is 0 Å². The monoisotopic (exact) mass is 479 g/mol. The summed E-state index contributed by atoms with van der Waals surface area (Å²) in [4.78, 5) is 4.93. The molecule has 3 aromatic carbocycles. The SMILES string of the molecule is CC(C)Cc1csc2cc3c(cc12)sc1c(-c2cc(C(C)(C)C)c4ccccc4c2)nccc13. The Morgan fingerprint density at radius 3 is 2.44 bits per heavy atom. The summed E-state index contributed by atoms with van der Waals surface area (Å²) >= 11 is 3.77. The molecule has 3 heteroatoms. The lowest BCUT2D eigenvalue weighted by Gasteiger charge is -2.22. The molecule has 170 valence electrons. The minimum Gasteiger partial charge on any atom is -0.255 e. The summed E-state index contributed by atoms with van der Waals surface area (Å²) in [6.45, 7) is 11.5. The third-order valence-corrected chi connectivity index (χ3v) is 8.90. The van der Waals surface area contributed by atoms with Crippen LogP contribution >= 0.6 is 22.7 Å². The molecular weight excluding hydrogens is 450 g/mol. The Morgan fingerprint density at radius 1 is 0.853 bits per heavy atom. The highest BCUT2D eigenvalue weighted by Gasteiger charge is 2.20. The molecular formula is C31H29NS2. The third kappa shape index (κ3) is 3.54. The van der Waals surface area contributed by atoms with E-state index in [0.717, 1.165) is 12.1 Å². The van der Waals surface area contributed by atoms with E-state index in [9.17, 15) is 0 Å². The average Bonchev–Trinajstić information content (AvgIpc) is 3.36. The van der Waals surface area contributed by atoms with Crippen molar-refractivity contribution in [2.24, 2.45) is 5.92 Å². The van der Waals surface area contributed by atoms with Gasteiger partial charge < -0.3 is 0 Å². The summed E-state index contributed by atoms with van der Waals surface area (Å²) in [7, 11) is 0. The van der Waals surface area contributed by atoms with E-state index in [1.54, 1.807) is 0 Å². The molecule has 0 saturated carbocycles. The molecule has 6 aromatic rings. The Balaban J connectivity index is 1.61. The summed E-state index contributed by atoms with van der Waals surface area (Å²) in [5, 5.41) is 9.06. The van der Waals surface area contributed by atoms with Crippen LogP contribution in [0, 0.1) is 5.92 Å². The maximum atomic E-state index is 4.93. The van der Waals surface area contributed by atoms with E-state index in [1.165, 1.54) is 57.7 Å². The fourth-order valence-corrected chi connectivity index (χ4v) is 7.37. The number of hydrogen-bond acceptors (Lipinski definition) is 3. The number of hydrogen-bond donors (Lipinski definition) is 0. The van der Waals surface area contributed by atoms with Crippen LogP contribution in [-0.2, 0) is 11.8 Å². The topological polar surface area (TPSA) is 12.9 Å². The molecule has 0 spiro atoms. The van der Waals surface area contributed by atoms with Crippen LogP contribution in [-0.4, -0.2) is 4.98 Å². The largest absolute Gasteiger partial charge is 0.255 e. The molecule has 0 bridgehead atoms. The second-order valence-corrected chi connectivity index (χ2v) is 12.8.